The largest absolute Gasteiger partial charge is 1.00 e. The fourth-order valence-electron chi connectivity index (χ4n) is 0.679. The Morgan fingerprint density at radius 2 is 1.12 bits per heavy atom. The molecule has 2 aromatic rings. The first-order valence-electron chi connectivity index (χ1n) is 4.76. The first kappa shape index (κ1) is 26.9. The molecule has 0 fully saturated rings. The van der Waals surface area contributed by atoms with E-state index in [0.717, 1.165) is 23.5 Å². The molecule has 0 bridgehead atoms. The van der Waals surface area contributed by atoms with Gasteiger partial charge in [0.15, 0.2) is 0 Å². The van der Waals surface area contributed by atoms with Gasteiger partial charge in [0.25, 0.3) is 0 Å². The minimum Gasteiger partial charge on any atom is -0.747 e. The number of nitrogens with one attached hydrogen (secondary N) is 2. The number of thioether (sulfide) groups is 2. The normalized spacial score (nSPS) is 10.8. The molecule has 0 amide bonds. The van der Waals surface area contributed by atoms with Gasteiger partial charge in [0.05, 0.1) is 10.2 Å². The summed E-state index contributed by atoms with van der Waals surface area (Å²) >= 11 is 1.48. The molecule has 20 heteroatoms. The molecule has 2 aromatic heterocycles. The van der Waals surface area contributed by atoms with E-state index in [9.17, 15) is 25.9 Å². The summed E-state index contributed by atoms with van der Waals surface area (Å²) in [4.78, 5) is 0. The Morgan fingerprint density at radius 3 is 1.33 bits per heavy atom. The van der Waals surface area contributed by atoms with Crippen LogP contribution >= 0.6 is 23.5 Å². The smallest absolute Gasteiger partial charge is 0.747 e. The Hall–Kier alpha value is 0.660. The Bertz CT molecular complexity index is 684. The quantitative estimate of drug-likeness (QED) is 0.244. The summed E-state index contributed by atoms with van der Waals surface area (Å²) in [7, 11) is -8.41. The van der Waals surface area contributed by atoms with Crippen LogP contribution in [0.25, 0.3) is 0 Å². The minimum atomic E-state index is -4.20. The van der Waals surface area contributed by atoms with Crippen molar-refractivity contribution in [1.29, 1.82) is 0 Å². The van der Waals surface area contributed by atoms with Crippen LogP contribution in [0, 0.1) is 0 Å². The summed E-state index contributed by atoms with van der Waals surface area (Å²) in [6.45, 7) is 0. The molecule has 2 N–H and O–H groups in total. The molecule has 0 saturated carbocycles. The van der Waals surface area contributed by atoms with Crippen molar-refractivity contribution < 1.29 is 85.1 Å². The topological polar surface area (TPSA) is 223 Å². The number of aromatic nitrogens is 8. The van der Waals surface area contributed by atoms with Gasteiger partial charge in [-0.3, -0.25) is 0 Å². The van der Waals surface area contributed by atoms with Crippen LogP contribution in [-0.4, -0.2) is 77.4 Å². The van der Waals surface area contributed by atoms with E-state index in [-0.39, 0.29) is 69.4 Å². The van der Waals surface area contributed by atoms with Gasteiger partial charge in [0.1, 0.15) is 20.2 Å². The summed E-state index contributed by atoms with van der Waals surface area (Å²) in [5, 5.41) is 23.3. The van der Waals surface area contributed by atoms with Crippen molar-refractivity contribution in [3.05, 3.63) is 0 Å². The van der Waals surface area contributed by atoms with Gasteiger partial charge < -0.3 is 9.11 Å². The zero-order valence-corrected chi connectivity index (χ0v) is 19.4. The van der Waals surface area contributed by atoms with E-state index in [0.29, 0.717) is 0 Å². The fourth-order valence-corrected chi connectivity index (χ4v) is 3.13. The molecule has 0 aliphatic carbocycles. The van der Waals surface area contributed by atoms with Gasteiger partial charge in [-0.1, -0.05) is 23.5 Å². The van der Waals surface area contributed by atoms with Crippen molar-refractivity contribution >= 4 is 43.8 Å². The maximum Gasteiger partial charge on any atom is 1.00 e. The van der Waals surface area contributed by atoms with Crippen LogP contribution in [0.4, 0.5) is 0 Å². The average molecular weight is 436 g/mol. The summed E-state index contributed by atoms with van der Waals surface area (Å²) in [5.41, 5.74) is 0. The van der Waals surface area contributed by atoms with Gasteiger partial charge in [0.2, 0.25) is 10.3 Å². The van der Waals surface area contributed by atoms with Gasteiger partial charge in [-0.05, 0) is 20.9 Å². The van der Waals surface area contributed by atoms with Crippen molar-refractivity contribution in [2.75, 3.05) is 10.2 Å². The summed E-state index contributed by atoms with van der Waals surface area (Å²) < 4.78 is 60.4. The second kappa shape index (κ2) is 12.9. The predicted octanol–water partition coefficient (Wildman–Crippen LogP) is -8.40. The molecule has 0 spiro atoms. The van der Waals surface area contributed by atoms with E-state index in [1.54, 1.807) is 0 Å². The molecule has 2 heterocycles. The Balaban J connectivity index is 0. The van der Waals surface area contributed by atoms with Crippen LogP contribution in [0.5, 0.6) is 0 Å². The maximum atomic E-state index is 10.1. The number of hydrogen-bond donors (Lipinski definition) is 2. The summed E-state index contributed by atoms with van der Waals surface area (Å²) in [6.07, 6.45) is 0. The van der Waals surface area contributed by atoms with Gasteiger partial charge >= 0.3 is 59.1 Å². The van der Waals surface area contributed by atoms with Gasteiger partial charge in [-0.15, -0.1) is 10.2 Å². The van der Waals surface area contributed by atoms with E-state index in [2.05, 4.69) is 41.2 Å². The SMILES string of the molecule is O=S(=O)([O-])CSc1nnn[nH]1.O=S(=O)([O-])CSc1nnn[nH]1.[Na+].[Na+]. The minimum absolute atomic E-state index is 0. The summed E-state index contributed by atoms with van der Waals surface area (Å²) in [5.74, 6) is 0. The van der Waals surface area contributed by atoms with Crippen LogP contribution < -0.4 is 59.1 Å². The van der Waals surface area contributed by atoms with Crippen molar-refractivity contribution in [3.63, 3.8) is 0 Å². The molecule has 2 rings (SSSR count). The van der Waals surface area contributed by atoms with E-state index < -0.39 is 30.4 Å². The average Bonchev–Trinajstić information content (AvgIpc) is 3.07. The zero-order valence-electron chi connectivity index (χ0n) is 12.2. The third-order valence-electron chi connectivity index (χ3n) is 1.33. The van der Waals surface area contributed by atoms with E-state index in [1.165, 1.54) is 0 Å². The molecular weight excluding hydrogens is 430 g/mol. The van der Waals surface area contributed by atoms with E-state index in [1.807, 2.05) is 0 Å². The van der Waals surface area contributed by atoms with Crippen LogP contribution in [0.3, 0.4) is 0 Å². The molecule has 0 aliphatic heterocycles. The van der Waals surface area contributed by atoms with E-state index >= 15 is 0 Å². The zero-order chi connectivity index (χ0) is 16.6. The number of rotatable bonds is 6. The van der Waals surface area contributed by atoms with Gasteiger partial charge in [0, 0.05) is 0 Å². The molecule has 0 aliphatic rings. The number of hydrogen-bond acceptors (Lipinski definition) is 14. The van der Waals surface area contributed by atoms with Crippen LogP contribution in [0.1, 0.15) is 0 Å². The van der Waals surface area contributed by atoms with Crippen LogP contribution in [-0.2, 0) is 20.2 Å². The van der Waals surface area contributed by atoms with E-state index in [4.69, 9.17) is 0 Å². The molecule has 14 nitrogen and oxygen atoms in total. The molecular formula is C4H6N8Na2O6S4. The molecule has 124 valence electrons. The summed E-state index contributed by atoms with van der Waals surface area (Å²) in [6, 6.07) is 0. The maximum absolute atomic E-state index is 10.1. The predicted molar refractivity (Wildman–Crippen MR) is 69.2 cm³/mol. The third-order valence-corrected chi connectivity index (χ3v) is 5.48. The Morgan fingerprint density at radius 1 is 0.792 bits per heavy atom. The molecule has 0 saturated heterocycles. The second-order valence-electron chi connectivity index (χ2n) is 3.05. The van der Waals surface area contributed by atoms with Crippen molar-refractivity contribution in [3.8, 4) is 0 Å². The third kappa shape index (κ3) is 15.0. The molecule has 0 aromatic carbocycles. The number of H-pyrrole nitrogens is 2. The second-order valence-corrected chi connectivity index (χ2v) is 8.52. The number of tetrazole rings is 2. The molecule has 0 radical (unpaired) electrons. The standard InChI is InChI=1S/2C2H4N4O3S2.2Na/c2*7-11(8,9)1-10-2-3-5-6-4-2;;/h2*1H2,(H,7,8,9)(H,3,4,5,6);;/q;;2*+1/p-2. The molecule has 24 heavy (non-hydrogen) atoms. The first-order chi connectivity index (χ1) is 10.2. The van der Waals surface area contributed by atoms with Crippen molar-refractivity contribution in [1.82, 2.24) is 41.2 Å². The van der Waals surface area contributed by atoms with Crippen molar-refractivity contribution in [2.45, 2.75) is 10.3 Å². The number of aromatic amines is 2. The molecule has 0 unspecified atom stereocenters. The van der Waals surface area contributed by atoms with Crippen LogP contribution in [0.15, 0.2) is 10.3 Å². The van der Waals surface area contributed by atoms with Gasteiger partial charge in [-0.2, -0.15) is 0 Å². The van der Waals surface area contributed by atoms with Gasteiger partial charge in [-0.25, -0.2) is 27.0 Å². The Labute approximate surface area is 188 Å². The monoisotopic (exact) mass is 436 g/mol. The fraction of sp³-hybridized carbons (Fsp3) is 0.500. The van der Waals surface area contributed by atoms with Crippen molar-refractivity contribution in [2.24, 2.45) is 0 Å². The first-order valence-corrected chi connectivity index (χ1v) is 9.88. The molecule has 0 atom stereocenters. The Kier molecular flexibility index (Phi) is 14.5. The number of nitrogens with zero attached hydrogens (tertiary/aromatic N) is 6. The van der Waals surface area contributed by atoms with Crippen LogP contribution in [0.2, 0.25) is 0 Å².